The van der Waals surface area contributed by atoms with E-state index in [9.17, 15) is 0 Å². The Morgan fingerprint density at radius 3 is 2.64 bits per heavy atom. The van der Waals surface area contributed by atoms with E-state index in [1.165, 1.54) is 32.1 Å². The smallest absolute Gasteiger partial charge is 0.183 e. The molecule has 0 spiro atoms. The zero-order valence-electron chi connectivity index (χ0n) is 6.88. The van der Waals surface area contributed by atoms with E-state index in [4.69, 9.17) is 4.74 Å². The number of hydrogen-bond acceptors (Lipinski definition) is 2. The minimum absolute atomic E-state index is 0.506. The maximum Gasteiger partial charge on any atom is 0.183 e. The van der Waals surface area contributed by atoms with Gasteiger partial charge in [-0.05, 0) is 32.1 Å². The van der Waals surface area contributed by atoms with Gasteiger partial charge >= 0.3 is 0 Å². The molecule has 0 aromatic heterocycles. The molecule has 0 N–H and O–H groups in total. The largest absolute Gasteiger partial charge is 0.478 e. The van der Waals surface area contributed by atoms with Crippen LogP contribution >= 0.6 is 0 Å². The van der Waals surface area contributed by atoms with E-state index >= 15 is 0 Å². The highest BCUT2D eigenvalue weighted by Gasteiger charge is 2.19. The molecule has 0 amide bonds. The van der Waals surface area contributed by atoms with Crippen molar-refractivity contribution in [3.63, 3.8) is 0 Å². The van der Waals surface area contributed by atoms with Crippen molar-refractivity contribution in [1.82, 2.24) is 0 Å². The summed E-state index contributed by atoms with van der Waals surface area (Å²) in [6.45, 7) is 0.988. The molecule has 2 nitrogen and oxygen atoms in total. The van der Waals surface area contributed by atoms with E-state index in [1.54, 1.807) is 0 Å². The highest BCUT2D eigenvalue weighted by Crippen LogP contribution is 2.22. The van der Waals surface area contributed by atoms with Crippen LogP contribution in [-0.4, -0.2) is 18.5 Å². The van der Waals surface area contributed by atoms with Crippen LogP contribution in [0.15, 0.2) is 4.99 Å². The first-order chi connectivity index (χ1) is 5.45. The first-order valence-corrected chi connectivity index (χ1v) is 4.65. The van der Waals surface area contributed by atoms with Gasteiger partial charge in [-0.3, -0.25) is 4.99 Å². The quantitative estimate of drug-likeness (QED) is 0.565. The van der Waals surface area contributed by atoms with Crippen LogP contribution < -0.4 is 0 Å². The Bertz CT molecular complexity index is 159. The highest BCUT2D eigenvalue weighted by atomic mass is 16.5. The Balaban J connectivity index is 1.79. The summed E-state index contributed by atoms with van der Waals surface area (Å²) in [5.74, 6) is 1.02. The molecule has 1 fully saturated rings. The highest BCUT2D eigenvalue weighted by molar-refractivity contribution is 5.77. The molecule has 1 aliphatic carbocycles. The third kappa shape index (κ3) is 1.73. The standard InChI is InChI=1S/C9H15NO/c1-2-5-8(4-1)11-9-6-3-7-10-9/h8H,1-7H2. The van der Waals surface area contributed by atoms with E-state index in [2.05, 4.69) is 4.99 Å². The molecular formula is C9H15NO. The fraction of sp³-hybridized carbons (Fsp3) is 0.889. The number of nitrogens with zero attached hydrogens (tertiary/aromatic N) is 1. The molecule has 0 aromatic rings. The van der Waals surface area contributed by atoms with E-state index in [0.29, 0.717) is 6.10 Å². The second-order valence-corrected chi connectivity index (χ2v) is 3.40. The lowest BCUT2D eigenvalue weighted by molar-refractivity contribution is 0.192. The summed E-state index contributed by atoms with van der Waals surface area (Å²) in [4.78, 5) is 4.29. The maximum absolute atomic E-state index is 5.72. The van der Waals surface area contributed by atoms with Crippen LogP contribution in [-0.2, 0) is 4.74 Å². The van der Waals surface area contributed by atoms with Gasteiger partial charge in [0, 0.05) is 13.0 Å². The van der Waals surface area contributed by atoms with Crippen molar-refractivity contribution in [1.29, 1.82) is 0 Å². The van der Waals surface area contributed by atoms with Crippen molar-refractivity contribution in [3.8, 4) is 0 Å². The molecule has 2 rings (SSSR count). The van der Waals surface area contributed by atoms with E-state index in [0.717, 1.165) is 18.9 Å². The van der Waals surface area contributed by atoms with Crippen molar-refractivity contribution in [2.75, 3.05) is 6.54 Å². The third-order valence-electron chi connectivity index (χ3n) is 2.44. The average Bonchev–Trinajstić information content (AvgIpc) is 2.60. The van der Waals surface area contributed by atoms with Crippen LogP contribution in [0.2, 0.25) is 0 Å². The lowest BCUT2D eigenvalue weighted by Gasteiger charge is -2.11. The van der Waals surface area contributed by atoms with Crippen LogP contribution in [0.5, 0.6) is 0 Å². The number of hydrogen-bond donors (Lipinski definition) is 0. The Kier molecular flexibility index (Phi) is 2.11. The molecule has 0 unspecified atom stereocenters. The van der Waals surface area contributed by atoms with Gasteiger partial charge in [-0.1, -0.05) is 0 Å². The minimum Gasteiger partial charge on any atom is -0.478 e. The molecule has 62 valence electrons. The second-order valence-electron chi connectivity index (χ2n) is 3.40. The van der Waals surface area contributed by atoms with Crippen molar-refractivity contribution in [3.05, 3.63) is 0 Å². The van der Waals surface area contributed by atoms with E-state index in [-0.39, 0.29) is 0 Å². The molecule has 1 aliphatic heterocycles. The summed E-state index contributed by atoms with van der Waals surface area (Å²) in [6, 6.07) is 0. The molecule has 2 aliphatic rings. The molecule has 1 heterocycles. The van der Waals surface area contributed by atoms with Gasteiger partial charge in [-0.2, -0.15) is 0 Å². The minimum atomic E-state index is 0.506. The molecule has 1 saturated carbocycles. The van der Waals surface area contributed by atoms with Crippen molar-refractivity contribution >= 4 is 5.90 Å². The fourth-order valence-corrected chi connectivity index (χ4v) is 1.81. The Labute approximate surface area is 67.7 Å². The van der Waals surface area contributed by atoms with Gasteiger partial charge in [0.2, 0.25) is 0 Å². The SMILES string of the molecule is C1CN=C(OC2CCCC2)C1. The summed E-state index contributed by atoms with van der Waals surface area (Å²) in [5.41, 5.74) is 0. The van der Waals surface area contributed by atoms with E-state index in [1.807, 2.05) is 0 Å². The summed E-state index contributed by atoms with van der Waals surface area (Å²) < 4.78 is 5.72. The van der Waals surface area contributed by atoms with Gasteiger partial charge in [0.05, 0.1) is 0 Å². The van der Waals surface area contributed by atoms with Gasteiger partial charge < -0.3 is 4.74 Å². The van der Waals surface area contributed by atoms with Gasteiger partial charge in [0.15, 0.2) is 5.90 Å². The summed E-state index contributed by atoms with van der Waals surface area (Å²) in [5, 5.41) is 0. The van der Waals surface area contributed by atoms with Gasteiger partial charge in [0.1, 0.15) is 6.10 Å². The molecule has 0 saturated heterocycles. The Morgan fingerprint density at radius 2 is 2.00 bits per heavy atom. The van der Waals surface area contributed by atoms with Crippen LogP contribution in [0.25, 0.3) is 0 Å². The average molecular weight is 153 g/mol. The molecule has 0 aromatic carbocycles. The lowest BCUT2D eigenvalue weighted by atomic mass is 10.3. The Hall–Kier alpha value is -0.530. The molecule has 0 bridgehead atoms. The first kappa shape index (κ1) is 7.14. The fourth-order valence-electron chi connectivity index (χ4n) is 1.81. The summed E-state index contributed by atoms with van der Waals surface area (Å²) in [6.07, 6.45) is 7.97. The number of aliphatic imine (C=N–C) groups is 1. The predicted octanol–water partition coefficient (Wildman–Crippen LogP) is 2.14. The monoisotopic (exact) mass is 153 g/mol. The third-order valence-corrected chi connectivity index (χ3v) is 2.44. The topological polar surface area (TPSA) is 21.6 Å². The number of rotatable bonds is 1. The van der Waals surface area contributed by atoms with Gasteiger partial charge in [-0.15, -0.1) is 0 Å². The zero-order chi connectivity index (χ0) is 7.52. The normalized spacial score (nSPS) is 25.6. The van der Waals surface area contributed by atoms with Gasteiger partial charge in [-0.25, -0.2) is 0 Å². The number of ether oxygens (including phenoxy) is 1. The zero-order valence-corrected chi connectivity index (χ0v) is 6.88. The second kappa shape index (κ2) is 3.24. The van der Waals surface area contributed by atoms with Gasteiger partial charge in [0.25, 0.3) is 0 Å². The van der Waals surface area contributed by atoms with Crippen molar-refractivity contribution < 1.29 is 4.74 Å². The molecule has 11 heavy (non-hydrogen) atoms. The van der Waals surface area contributed by atoms with E-state index < -0.39 is 0 Å². The summed E-state index contributed by atoms with van der Waals surface area (Å²) in [7, 11) is 0. The van der Waals surface area contributed by atoms with Crippen molar-refractivity contribution in [2.45, 2.75) is 44.6 Å². The van der Waals surface area contributed by atoms with Crippen molar-refractivity contribution in [2.24, 2.45) is 4.99 Å². The maximum atomic E-state index is 5.72. The van der Waals surface area contributed by atoms with Crippen LogP contribution in [0.1, 0.15) is 38.5 Å². The molecule has 0 radical (unpaired) electrons. The molecular weight excluding hydrogens is 138 g/mol. The molecule has 2 heteroatoms. The lowest BCUT2D eigenvalue weighted by Crippen LogP contribution is -2.12. The van der Waals surface area contributed by atoms with Crippen LogP contribution in [0.4, 0.5) is 0 Å². The Morgan fingerprint density at radius 1 is 1.18 bits per heavy atom. The predicted molar refractivity (Wildman–Crippen MR) is 44.9 cm³/mol. The van der Waals surface area contributed by atoms with Crippen LogP contribution in [0.3, 0.4) is 0 Å². The first-order valence-electron chi connectivity index (χ1n) is 4.65. The van der Waals surface area contributed by atoms with Crippen LogP contribution in [0, 0.1) is 0 Å². The summed E-state index contributed by atoms with van der Waals surface area (Å²) >= 11 is 0. The molecule has 0 atom stereocenters.